The van der Waals surface area contributed by atoms with Gasteiger partial charge in [-0.3, -0.25) is 0 Å². The molecule has 0 radical (unpaired) electrons. The maximum absolute atomic E-state index is 11.1. The lowest BCUT2D eigenvalue weighted by Gasteiger charge is -2.02. The molecule has 13 heavy (non-hydrogen) atoms. The molecule has 0 atom stereocenters. The van der Waals surface area contributed by atoms with Gasteiger partial charge in [-0.25, -0.2) is 14.8 Å². The molecule has 0 aromatic carbocycles. The van der Waals surface area contributed by atoms with Crippen molar-refractivity contribution < 1.29 is 14.6 Å². The number of carbonyl (C=O) groups excluding carboxylic acids is 1. The van der Waals surface area contributed by atoms with Crippen molar-refractivity contribution in [2.75, 3.05) is 6.61 Å². The Morgan fingerprint density at radius 2 is 2.38 bits per heavy atom. The molecule has 1 aromatic heterocycles. The van der Waals surface area contributed by atoms with Crippen molar-refractivity contribution in [3.05, 3.63) is 17.7 Å². The van der Waals surface area contributed by atoms with Crippen LogP contribution in [-0.4, -0.2) is 27.7 Å². The predicted molar refractivity (Wildman–Crippen MR) is 44.4 cm³/mol. The number of carbonyl (C=O) groups is 1. The summed E-state index contributed by atoms with van der Waals surface area (Å²) in [4.78, 5) is 18.6. The Bertz CT molecular complexity index is 325. The first-order valence-corrected chi connectivity index (χ1v) is 3.85. The minimum absolute atomic E-state index is 0.0886. The molecule has 70 valence electrons. The Balaban J connectivity index is 2.99. The molecule has 0 saturated heterocycles. The van der Waals surface area contributed by atoms with E-state index < -0.39 is 5.97 Å². The zero-order chi connectivity index (χ0) is 9.84. The van der Waals surface area contributed by atoms with E-state index >= 15 is 0 Å². The number of aromatic hydroxyl groups is 1. The number of hydrogen-bond acceptors (Lipinski definition) is 5. The molecule has 1 N–H and O–H groups in total. The summed E-state index contributed by atoms with van der Waals surface area (Å²) in [7, 11) is 0. The standard InChI is InChI=1S/C8H10N2O3/c1-3-13-8(12)7-6(11)4-9-5(2)10-7/h4,11H,3H2,1-2H3. The Labute approximate surface area is 75.4 Å². The van der Waals surface area contributed by atoms with Crippen LogP contribution in [0.1, 0.15) is 23.2 Å². The summed E-state index contributed by atoms with van der Waals surface area (Å²) in [5.74, 6) is -0.476. The molecule has 0 amide bonds. The van der Waals surface area contributed by atoms with Crippen molar-refractivity contribution in [1.29, 1.82) is 0 Å². The fourth-order valence-corrected chi connectivity index (χ4v) is 0.813. The number of aromatic nitrogens is 2. The minimum atomic E-state index is -0.634. The van der Waals surface area contributed by atoms with E-state index in [0.29, 0.717) is 5.82 Å². The van der Waals surface area contributed by atoms with E-state index in [2.05, 4.69) is 14.7 Å². The molecule has 0 bridgehead atoms. The van der Waals surface area contributed by atoms with Crippen LogP contribution in [0.4, 0.5) is 0 Å². The lowest BCUT2D eigenvalue weighted by atomic mass is 10.3. The largest absolute Gasteiger partial charge is 0.504 e. The molecular formula is C8H10N2O3. The van der Waals surface area contributed by atoms with Gasteiger partial charge in [-0.1, -0.05) is 0 Å². The van der Waals surface area contributed by atoms with Gasteiger partial charge in [-0.2, -0.15) is 0 Å². The zero-order valence-electron chi connectivity index (χ0n) is 7.44. The van der Waals surface area contributed by atoms with Crippen LogP contribution in [0.15, 0.2) is 6.20 Å². The topological polar surface area (TPSA) is 72.3 Å². The van der Waals surface area contributed by atoms with E-state index in [9.17, 15) is 9.90 Å². The van der Waals surface area contributed by atoms with Crippen LogP contribution in [0.5, 0.6) is 5.75 Å². The first-order chi connectivity index (χ1) is 6.15. The number of ether oxygens (including phenoxy) is 1. The molecule has 0 aliphatic carbocycles. The normalized spacial score (nSPS) is 9.69. The average Bonchev–Trinajstić information content (AvgIpc) is 2.09. The highest BCUT2D eigenvalue weighted by molar-refractivity contribution is 5.89. The molecule has 0 spiro atoms. The second kappa shape index (κ2) is 3.84. The van der Waals surface area contributed by atoms with Crippen molar-refractivity contribution in [3.63, 3.8) is 0 Å². The van der Waals surface area contributed by atoms with Crippen LogP contribution in [0.25, 0.3) is 0 Å². The molecule has 5 heteroatoms. The van der Waals surface area contributed by atoms with Gasteiger partial charge in [0.2, 0.25) is 0 Å². The lowest BCUT2D eigenvalue weighted by molar-refractivity contribution is 0.0515. The van der Waals surface area contributed by atoms with Crippen molar-refractivity contribution in [2.24, 2.45) is 0 Å². The highest BCUT2D eigenvalue weighted by Gasteiger charge is 2.14. The van der Waals surface area contributed by atoms with Gasteiger partial charge in [0.1, 0.15) is 5.82 Å². The van der Waals surface area contributed by atoms with Gasteiger partial charge in [0.15, 0.2) is 11.4 Å². The van der Waals surface area contributed by atoms with Gasteiger partial charge in [0.25, 0.3) is 0 Å². The number of rotatable bonds is 2. The minimum Gasteiger partial charge on any atom is -0.504 e. The molecule has 5 nitrogen and oxygen atoms in total. The maximum atomic E-state index is 11.1. The summed E-state index contributed by atoms with van der Waals surface area (Å²) in [6.45, 7) is 3.56. The van der Waals surface area contributed by atoms with E-state index in [1.54, 1.807) is 13.8 Å². The summed E-state index contributed by atoms with van der Waals surface area (Å²) < 4.78 is 4.67. The fraction of sp³-hybridized carbons (Fsp3) is 0.375. The van der Waals surface area contributed by atoms with Gasteiger partial charge in [0.05, 0.1) is 12.8 Å². The number of nitrogens with zero attached hydrogens (tertiary/aromatic N) is 2. The molecule has 1 rings (SSSR count). The van der Waals surface area contributed by atoms with E-state index in [4.69, 9.17) is 0 Å². The number of hydrogen-bond donors (Lipinski definition) is 1. The molecule has 0 aliphatic rings. The molecule has 0 fully saturated rings. The molecular weight excluding hydrogens is 172 g/mol. The molecule has 0 saturated carbocycles. The Morgan fingerprint density at radius 1 is 1.69 bits per heavy atom. The molecule has 0 aliphatic heterocycles. The van der Waals surface area contributed by atoms with Crippen LogP contribution in [0, 0.1) is 6.92 Å². The second-order valence-electron chi connectivity index (χ2n) is 2.37. The summed E-state index contributed by atoms with van der Waals surface area (Å²) >= 11 is 0. The van der Waals surface area contributed by atoms with Gasteiger partial charge in [-0.05, 0) is 13.8 Å². The second-order valence-corrected chi connectivity index (χ2v) is 2.37. The van der Waals surface area contributed by atoms with E-state index in [-0.39, 0.29) is 18.1 Å². The third-order valence-electron chi connectivity index (χ3n) is 1.36. The van der Waals surface area contributed by atoms with Gasteiger partial charge >= 0.3 is 5.97 Å². The Hall–Kier alpha value is -1.65. The first kappa shape index (κ1) is 9.44. The van der Waals surface area contributed by atoms with E-state index in [1.165, 1.54) is 6.20 Å². The molecule has 1 heterocycles. The van der Waals surface area contributed by atoms with Crippen molar-refractivity contribution in [2.45, 2.75) is 13.8 Å². The van der Waals surface area contributed by atoms with Gasteiger partial charge in [0, 0.05) is 0 Å². The summed E-state index contributed by atoms with van der Waals surface area (Å²) in [5.41, 5.74) is -0.0886. The highest BCUT2D eigenvalue weighted by atomic mass is 16.5. The van der Waals surface area contributed by atoms with Crippen LogP contribution >= 0.6 is 0 Å². The fourth-order valence-electron chi connectivity index (χ4n) is 0.813. The quantitative estimate of drug-likeness (QED) is 0.680. The monoisotopic (exact) mass is 182 g/mol. The highest BCUT2D eigenvalue weighted by Crippen LogP contribution is 2.13. The zero-order valence-corrected chi connectivity index (χ0v) is 7.44. The lowest BCUT2D eigenvalue weighted by Crippen LogP contribution is -2.08. The smallest absolute Gasteiger partial charge is 0.360 e. The third kappa shape index (κ3) is 2.14. The molecule has 0 unspecified atom stereocenters. The molecule has 1 aromatic rings. The van der Waals surface area contributed by atoms with Crippen LogP contribution < -0.4 is 0 Å². The van der Waals surface area contributed by atoms with Crippen LogP contribution in [0.3, 0.4) is 0 Å². The van der Waals surface area contributed by atoms with Crippen LogP contribution in [0.2, 0.25) is 0 Å². The summed E-state index contributed by atoms with van der Waals surface area (Å²) in [5, 5.41) is 9.21. The van der Waals surface area contributed by atoms with Crippen LogP contribution in [-0.2, 0) is 4.74 Å². The van der Waals surface area contributed by atoms with Crippen molar-refractivity contribution in [1.82, 2.24) is 9.97 Å². The summed E-state index contributed by atoms with van der Waals surface area (Å²) in [6.07, 6.45) is 1.18. The number of esters is 1. The maximum Gasteiger partial charge on any atom is 0.360 e. The third-order valence-corrected chi connectivity index (χ3v) is 1.36. The predicted octanol–water partition coefficient (Wildman–Crippen LogP) is 0.667. The average molecular weight is 182 g/mol. The van der Waals surface area contributed by atoms with E-state index in [1.807, 2.05) is 0 Å². The SMILES string of the molecule is CCOC(=O)c1nc(C)ncc1O. The van der Waals surface area contributed by atoms with Crippen molar-refractivity contribution in [3.8, 4) is 5.75 Å². The van der Waals surface area contributed by atoms with E-state index in [0.717, 1.165) is 0 Å². The van der Waals surface area contributed by atoms with Crippen molar-refractivity contribution >= 4 is 5.97 Å². The van der Waals surface area contributed by atoms with Gasteiger partial charge < -0.3 is 9.84 Å². The van der Waals surface area contributed by atoms with Gasteiger partial charge in [-0.15, -0.1) is 0 Å². The Kier molecular flexibility index (Phi) is 2.79. The Morgan fingerprint density at radius 3 is 3.00 bits per heavy atom. The number of aryl methyl sites for hydroxylation is 1. The first-order valence-electron chi connectivity index (χ1n) is 3.85. The summed E-state index contributed by atoms with van der Waals surface area (Å²) in [6, 6.07) is 0.